The van der Waals surface area contributed by atoms with E-state index in [1.807, 2.05) is 24.3 Å². The molecule has 1 aliphatic heterocycles. The van der Waals surface area contributed by atoms with Gasteiger partial charge in [0.25, 0.3) is 5.91 Å². The van der Waals surface area contributed by atoms with Crippen LogP contribution < -0.4 is 4.74 Å². The SMILES string of the molecule is COc1ccc(CN(C)C(=O)CN2CCN(C(=O)c3cccc(Cl)c3Cl)CC2)cc1. The molecular weight excluding hydrogens is 425 g/mol. The number of nitrogens with zero attached hydrogens (tertiary/aromatic N) is 3. The predicted octanol–water partition coefficient (Wildman–Crippen LogP) is 3.42. The number of methoxy groups -OCH3 is 1. The third-order valence-electron chi connectivity index (χ3n) is 5.20. The molecular formula is C22H25Cl2N3O3. The molecule has 0 unspecified atom stereocenters. The fourth-order valence-electron chi connectivity index (χ4n) is 3.35. The number of rotatable bonds is 6. The van der Waals surface area contributed by atoms with Crippen LogP contribution in [0.1, 0.15) is 15.9 Å². The maximum absolute atomic E-state index is 12.7. The lowest BCUT2D eigenvalue weighted by atomic mass is 10.1. The Kier molecular flexibility index (Phi) is 7.58. The summed E-state index contributed by atoms with van der Waals surface area (Å²) < 4.78 is 5.16. The highest BCUT2D eigenvalue weighted by Crippen LogP contribution is 2.26. The normalized spacial score (nSPS) is 14.5. The zero-order valence-corrected chi connectivity index (χ0v) is 18.6. The van der Waals surface area contributed by atoms with E-state index in [1.165, 1.54) is 0 Å². The molecule has 1 saturated heterocycles. The fourth-order valence-corrected chi connectivity index (χ4v) is 3.73. The van der Waals surface area contributed by atoms with Gasteiger partial charge >= 0.3 is 0 Å². The van der Waals surface area contributed by atoms with Crippen LogP contribution in [-0.2, 0) is 11.3 Å². The van der Waals surface area contributed by atoms with Gasteiger partial charge in [-0.2, -0.15) is 0 Å². The first-order valence-electron chi connectivity index (χ1n) is 9.71. The molecule has 3 rings (SSSR count). The van der Waals surface area contributed by atoms with Crippen molar-refractivity contribution in [3.05, 3.63) is 63.6 Å². The Morgan fingerprint density at radius 1 is 1.03 bits per heavy atom. The molecule has 30 heavy (non-hydrogen) atoms. The molecule has 2 aromatic rings. The van der Waals surface area contributed by atoms with E-state index in [2.05, 4.69) is 4.90 Å². The second kappa shape index (κ2) is 10.2. The lowest BCUT2D eigenvalue weighted by Gasteiger charge is -2.35. The second-order valence-electron chi connectivity index (χ2n) is 7.27. The largest absolute Gasteiger partial charge is 0.497 e. The number of carbonyl (C=O) groups is 2. The van der Waals surface area contributed by atoms with Gasteiger partial charge in [0.1, 0.15) is 5.75 Å². The number of hydrogen-bond donors (Lipinski definition) is 0. The predicted molar refractivity (Wildman–Crippen MR) is 118 cm³/mol. The first-order valence-corrected chi connectivity index (χ1v) is 10.5. The molecule has 1 fully saturated rings. The maximum Gasteiger partial charge on any atom is 0.255 e. The number of piperazine rings is 1. The van der Waals surface area contributed by atoms with Crippen LogP contribution in [0.2, 0.25) is 10.0 Å². The molecule has 2 aromatic carbocycles. The topological polar surface area (TPSA) is 53.1 Å². The molecule has 1 aliphatic rings. The quantitative estimate of drug-likeness (QED) is 0.677. The number of likely N-dealkylation sites (N-methyl/N-ethyl adjacent to an activating group) is 1. The van der Waals surface area contributed by atoms with Gasteiger partial charge in [0.15, 0.2) is 0 Å². The fraction of sp³-hybridized carbons (Fsp3) is 0.364. The Morgan fingerprint density at radius 3 is 2.33 bits per heavy atom. The summed E-state index contributed by atoms with van der Waals surface area (Å²) in [6.07, 6.45) is 0. The van der Waals surface area contributed by atoms with Crippen molar-refractivity contribution in [3.8, 4) is 5.75 Å². The number of ether oxygens (including phenoxy) is 1. The van der Waals surface area contributed by atoms with Crippen molar-refractivity contribution in [2.24, 2.45) is 0 Å². The van der Waals surface area contributed by atoms with Gasteiger partial charge in [-0.1, -0.05) is 41.4 Å². The number of amides is 2. The van der Waals surface area contributed by atoms with Crippen LogP contribution in [0.15, 0.2) is 42.5 Å². The molecule has 8 heteroatoms. The van der Waals surface area contributed by atoms with E-state index in [4.69, 9.17) is 27.9 Å². The third kappa shape index (κ3) is 5.45. The molecule has 0 spiro atoms. The van der Waals surface area contributed by atoms with Gasteiger partial charge in [0, 0.05) is 39.8 Å². The minimum absolute atomic E-state index is 0.0449. The standard InChI is InChI=1S/C22H25Cl2N3O3/c1-25(14-16-6-8-17(30-2)9-7-16)20(28)15-26-10-12-27(13-11-26)22(29)18-4-3-5-19(23)21(18)24/h3-9H,10-15H2,1-2H3. The second-order valence-corrected chi connectivity index (χ2v) is 8.05. The van der Waals surface area contributed by atoms with Crippen LogP contribution in [0.4, 0.5) is 0 Å². The molecule has 1 heterocycles. The Morgan fingerprint density at radius 2 is 1.70 bits per heavy atom. The minimum Gasteiger partial charge on any atom is -0.497 e. The Labute approximate surface area is 186 Å². The maximum atomic E-state index is 12.7. The van der Waals surface area contributed by atoms with Gasteiger partial charge in [0.2, 0.25) is 5.91 Å². The van der Waals surface area contributed by atoms with Crippen molar-refractivity contribution in [3.63, 3.8) is 0 Å². The summed E-state index contributed by atoms with van der Waals surface area (Å²) in [6.45, 7) is 3.20. The van der Waals surface area contributed by atoms with Crippen molar-refractivity contribution in [2.45, 2.75) is 6.54 Å². The van der Waals surface area contributed by atoms with Gasteiger partial charge in [-0.05, 0) is 29.8 Å². The summed E-state index contributed by atoms with van der Waals surface area (Å²) in [7, 11) is 3.43. The number of benzene rings is 2. The highest BCUT2D eigenvalue weighted by Gasteiger charge is 2.25. The Bertz CT molecular complexity index is 897. The number of halogens is 2. The lowest BCUT2D eigenvalue weighted by Crippen LogP contribution is -2.51. The zero-order valence-electron chi connectivity index (χ0n) is 17.1. The van der Waals surface area contributed by atoms with Gasteiger partial charge in [0.05, 0.1) is 29.3 Å². The van der Waals surface area contributed by atoms with Crippen LogP contribution >= 0.6 is 23.2 Å². The van der Waals surface area contributed by atoms with E-state index in [-0.39, 0.29) is 16.8 Å². The van der Waals surface area contributed by atoms with E-state index in [9.17, 15) is 9.59 Å². The Balaban J connectivity index is 1.49. The average molecular weight is 450 g/mol. The Hall–Kier alpha value is -2.28. The smallest absolute Gasteiger partial charge is 0.255 e. The van der Waals surface area contributed by atoms with E-state index < -0.39 is 0 Å². The summed E-state index contributed by atoms with van der Waals surface area (Å²) in [6, 6.07) is 12.7. The summed E-state index contributed by atoms with van der Waals surface area (Å²) >= 11 is 12.2. The van der Waals surface area contributed by atoms with Crippen molar-refractivity contribution in [1.29, 1.82) is 0 Å². The number of hydrogen-bond acceptors (Lipinski definition) is 4. The molecule has 0 bridgehead atoms. The van der Waals surface area contributed by atoms with Crippen LogP contribution in [0, 0.1) is 0 Å². The van der Waals surface area contributed by atoms with Crippen LogP contribution in [0.3, 0.4) is 0 Å². The van der Waals surface area contributed by atoms with Crippen molar-refractivity contribution < 1.29 is 14.3 Å². The molecule has 0 radical (unpaired) electrons. The molecule has 160 valence electrons. The van der Waals surface area contributed by atoms with Crippen molar-refractivity contribution in [1.82, 2.24) is 14.7 Å². The molecule has 0 atom stereocenters. The van der Waals surface area contributed by atoms with E-state index in [0.717, 1.165) is 11.3 Å². The summed E-state index contributed by atoms with van der Waals surface area (Å²) in [4.78, 5) is 30.9. The molecule has 0 N–H and O–H groups in total. The highest BCUT2D eigenvalue weighted by molar-refractivity contribution is 6.43. The van der Waals surface area contributed by atoms with Crippen LogP contribution in [-0.4, -0.2) is 73.4 Å². The van der Waals surface area contributed by atoms with Crippen LogP contribution in [0.25, 0.3) is 0 Å². The van der Waals surface area contributed by atoms with Gasteiger partial charge in [-0.3, -0.25) is 14.5 Å². The minimum atomic E-state index is -0.134. The van der Waals surface area contributed by atoms with Gasteiger partial charge < -0.3 is 14.5 Å². The third-order valence-corrected chi connectivity index (χ3v) is 6.02. The highest BCUT2D eigenvalue weighted by atomic mass is 35.5. The molecule has 0 aliphatic carbocycles. The first-order chi connectivity index (χ1) is 14.4. The average Bonchev–Trinajstić information content (AvgIpc) is 2.76. The van der Waals surface area contributed by atoms with E-state index in [1.54, 1.807) is 42.2 Å². The molecule has 2 amide bonds. The first kappa shape index (κ1) is 22.4. The van der Waals surface area contributed by atoms with Crippen molar-refractivity contribution in [2.75, 3.05) is 46.9 Å². The summed E-state index contributed by atoms with van der Waals surface area (Å²) in [5.74, 6) is 0.702. The zero-order chi connectivity index (χ0) is 21.7. The number of carbonyl (C=O) groups excluding carboxylic acids is 2. The van der Waals surface area contributed by atoms with Gasteiger partial charge in [-0.15, -0.1) is 0 Å². The molecule has 0 saturated carbocycles. The van der Waals surface area contributed by atoms with Gasteiger partial charge in [-0.25, -0.2) is 0 Å². The lowest BCUT2D eigenvalue weighted by molar-refractivity contribution is -0.132. The summed E-state index contributed by atoms with van der Waals surface area (Å²) in [5, 5.41) is 0.647. The molecule has 6 nitrogen and oxygen atoms in total. The summed E-state index contributed by atoms with van der Waals surface area (Å²) in [5.41, 5.74) is 1.45. The van der Waals surface area contributed by atoms with E-state index in [0.29, 0.717) is 49.9 Å². The van der Waals surface area contributed by atoms with Crippen molar-refractivity contribution >= 4 is 35.0 Å². The monoisotopic (exact) mass is 449 g/mol. The molecule has 0 aromatic heterocycles. The van der Waals surface area contributed by atoms with Crippen LogP contribution in [0.5, 0.6) is 5.75 Å². The van der Waals surface area contributed by atoms with E-state index >= 15 is 0 Å².